The van der Waals surface area contributed by atoms with E-state index < -0.39 is 34.7 Å². The topological polar surface area (TPSA) is 72.4 Å². The minimum absolute atomic E-state index is 0.000811. The van der Waals surface area contributed by atoms with Crippen molar-refractivity contribution in [2.45, 2.75) is 27.0 Å². The Morgan fingerprint density at radius 1 is 1.06 bits per heavy atom. The molecule has 6 nitrogen and oxygen atoms in total. The molecule has 0 atom stereocenters. The molecule has 0 bridgehead atoms. The SMILES string of the molecule is CCNC(=O)NCc1cc(F)ccc1COc1cc(C)n(-c2c(F)cccc2F)c(=O)c1Cl. The van der Waals surface area contributed by atoms with Crippen LogP contribution in [0.3, 0.4) is 0 Å². The van der Waals surface area contributed by atoms with Gasteiger partial charge < -0.3 is 15.4 Å². The number of ether oxygens (including phenoxy) is 1. The number of urea groups is 1. The van der Waals surface area contributed by atoms with E-state index in [1.54, 1.807) is 6.92 Å². The highest BCUT2D eigenvalue weighted by Gasteiger charge is 2.19. The van der Waals surface area contributed by atoms with Crippen molar-refractivity contribution in [3.05, 3.63) is 92.1 Å². The Labute approximate surface area is 193 Å². The number of hydrogen-bond acceptors (Lipinski definition) is 3. The molecule has 174 valence electrons. The number of para-hydroxylation sites is 1. The molecule has 3 rings (SSSR count). The second kappa shape index (κ2) is 10.4. The quantitative estimate of drug-likeness (QED) is 0.519. The van der Waals surface area contributed by atoms with Crippen molar-refractivity contribution in [1.29, 1.82) is 0 Å². The number of carbonyl (C=O) groups is 1. The summed E-state index contributed by atoms with van der Waals surface area (Å²) in [6, 6.07) is 8.22. The minimum Gasteiger partial charge on any atom is -0.487 e. The van der Waals surface area contributed by atoms with Gasteiger partial charge in [-0.15, -0.1) is 0 Å². The van der Waals surface area contributed by atoms with Gasteiger partial charge in [0.25, 0.3) is 5.56 Å². The van der Waals surface area contributed by atoms with E-state index in [1.807, 2.05) is 0 Å². The van der Waals surface area contributed by atoms with Crippen molar-refractivity contribution >= 4 is 17.6 Å². The number of rotatable bonds is 7. The van der Waals surface area contributed by atoms with Crippen LogP contribution < -0.4 is 20.9 Å². The molecule has 0 spiro atoms. The molecule has 2 aromatic carbocycles. The first-order valence-corrected chi connectivity index (χ1v) is 10.4. The van der Waals surface area contributed by atoms with Gasteiger partial charge in [0.1, 0.15) is 40.5 Å². The van der Waals surface area contributed by atoms with Crippen LogP contribution in [0.5, 0.6) is 5.75 Å². The molecule has 3 aromatic rings. The summed E-state index contributed by atoms with van der Waals surface area (Å²) in [6.07, 6.45) is 0. The molecule has 1 aromatic heterocycles. The van der Waals surface area contributed by atoms with Gasteiger partial charge in [-0.1, -0.05) is 23.7 Å². The van der Waals surface area contributed by atoms with Crippen LogP contribution in [0.15, 0.2) is 47.3 Å². The standard InChI is InChI=1S/C23H21ClF3N3O3/c1-3-28-23(32)29-11-15-10-16(25)8-7-14(15)12-33-19-9-13(2)30(22(31)20(19)24)21-17(26)5-4-6-18(21)27/h4-10H,3,11-12H2,1-2H3,(H2,28,29,32). The van der Waals surface area contributed by atoms with Crippen molar-refractivity contribution in [3.8, 4) is 11.4 Å². The van der Waals surface area contributed by atoms with Crippen molar-refractivity contribution < 1.29 is 22.7 Å². The average molecular weight is 480 g/mol. The zero-order valence-electron chi connectivity index (χ0n) is 17.8. The number of carbonyl (C=O) groups excluding carboxylic acids is 1. The molecule has 0 unspecified atom stereocenters. The molecule has 0 aliphatic carbocycles. The van der Waals surface area contributed by atoms with Gasteiger partial charge in [0.05, 0.1) is 0 Å². The Morgan fingerprint density at radius 3 is 2.42 bits per heavy atom. The third kappa shape index (κ3) is 5.48. The van der Waals surface area contributed by atoms with E-state index in [9.17, 15) is 22.8 Å². The Hall–Kier alpha value is -3.46. The number of nitrogens with zero attached hydrogens (tertiary/aromatic N) is 1. The van der Waals surface area contributed by atoms with E-state index in [4.69, 9.17) is 16.3 Å². The molecular formula is C23H21ClF3N3O3. The highest BCUT2D eigenvalue weighted by Crippen LogP contribution is 2.26. The van der Waals surface area contributed by atoms with Crippen molar-refractivity contribution in [2.75, 3.05) is 6.54 Å². The van der Waals surface area contributed by atoms with Gasteiger partial charge in [0, 0.05) is 24.8 Å². The van der Waals surface area contributed by atoms with E-state index in [0.29, 0.717) is 17.7 Å². The third-order valence-corrected chi connectivity index (χ3v) is 5.14. The van der Waals surface area contributed by atoms with E-state index in [-0.39, 0.29) is 29.6 Å². The lowest BCUT2D eigenvalue weighted by atomic mass is 10.1. The maximum Gasteiger partial charge on any atom is 0.315 e. The first-order chi connectivity index (χ1) is 15.7. The fraction of sp³-hybridized carbons (Fsp3) is 0.217. The normalized spacial score (nSPS) is 10.7. The van der Waals surface area contributed by atoms with Gasteiger partial charge in [-0.25, -0.2) is 18.0 Å². The van der Waals surface area contributed by atoms with Gasteiger partial charge in [0.15, 0.2) is 0 Å². The van der Waals surface area contributed by atoms with E-state index in [1.165, 1.54) is 37.3 Å². The molecule has 10 heteroatoms. The zero-order chi connectivity index (χ0) is 24.1. The van der Waals surface area contributed by atoms with E-state index in [0.717, 1.165) is 16.7 Å². The lowest BCUT2D eigenvalue weighted by Crippen LogP contribution is -2.35. The van der Waals surface area contributed by atoms with Crippen LogP contribution in [0.25, 0.3) is 5.69 Å². The molecule has 0 fully saturated rings. The number of hydrogen-bond donors (Lipinski definition) is 2. The van der Waals surface area contributed by atoms with Crippen LogP contribution in [0.4, 0.5) is 18.0 Å². The van der Waals surface area contributed by atoms with Crippen LogP contribution in [0.2, 0.25) is 5.02 Å². The minimum atomic E-state index is -0.916. The number of benzene rings is 2. The predicted octanol–water partition coefficient (Wildman–Crippen LogP) is 4.61. The van der Waals surface area contributed by atoms with E-state index >= 15 is 0 Å². The second-order valence-electron chi connectivity index (χ2n) is 7.09. The molecule has 0 aliphatic rings. The maximum atomic E-state index is 14.2. The lowest BCUT2D eigenvalue weighted by molar-refractivity contribution is 0.241. The van der Waals surface area contributed by atoms with Crippen LogP contribution in [0, 0.1) is 24.4 Å². The molecular weight excluding hydrogens is 459 g/mol. The highest BCUT2D eigenvalue weighted by atomic mass is 35.5. The van der Waals surface area contributed by atoms with Gasteiger partial charge in [-0.05, 0) is 49.2 Å². The van der Waals surface area contributed by atoms with Crippen molar-refractivity contribution in [2.24, 2.45) is 0 Å². The lowest BCUT2D eigenvalue weighted by Gasteiger charge is -2.16. The Balaban J connectivity index is 1.87. The Morgan fingerprint density at radius 2 is 1.76 bits per heavy atom. The second-order valence-corrected chi connectivity index (χ2v) is 7.47. The number of nitrogens with one attached hydrogen (secondary N) is 2. The fourth-order valence-electron chi connectivity index (χ4n) is 3.22. The number of pyridine rings is 1. The van der Waals surface area contributed by atoms with Gasteiger partial charge in [-0.3, -0.25) is 9.36 Å². The number of halogens is 4. The molecule has 0 saturated carbocycles. The van der Waals surface area contributed by atoms with E-state index in [2.05, 4.69) is 10.6 Å². The van der Waals surface area contributed by atoms with Crippen molar-refractivity contribution in [1.82, 2.24) is 15.2 Å². The number of amides is 2. The summed E-state index contributed by atoms with van der Waals surface area (Å²) in [5.41, 5.74) is -0.179. The number of aryl methyl sites for hydroxylation is 1. The molecule has 1 heterocycles. The molecule has 2 amide bonds. The molecule has 33 heavy (non-hydrogen) atoms. The molecule has 0 aliphatic heterocycles. The van der Waals surface area contributed by atoms with Crippen LogP contribution in [0.1, 0.15) is 23.7 Å². The summed E-state index contributed by atoms with van der Waals surface area (Å²) in [6.45, 7) is 3.63. The smallest absolute Gasteiger partial charge is 0.315 e. The van der Waals surface area contributed by atoms with Crippen molar-refractivity contribution in [3.63, 3.8) is 0 Å². The summed E-state index contributed by atoms with van der Waals surface area (Å²) in [7, 11) is 0. The predicted molar refractivity (Wildman–Crippen MR) is 118 cm³/mol. The highest BCUT2D eigenvalue weighted by molar-refractivity contribution is 6.31. The maximum absolute atomic E-state index is 14.2. The molecule has 0 saturated heterocycles. The first kappa shape index (κ1) is 24.2. The van der Waals surface area contributed by atoms with Crippen LogP contribution >= 0.6 is 11.6 Å². The number of aromatic nitrogens is 1. The Kier molecular flexibility index (Phi) is 7.65. The average Bonchev–Trinajstić information content (AvgIpc) is 2.77. The van der Waals surface area contributed by atoms with Crippen LogP contribution in [-0.2, 0) is 13.2 Å². The molecule has 0 radical (unpaired) electrons. The summed E-state index contributed by atoms with van der Waals surface area (Å²) < 4.78 is 48.7. The Bertz CT molecular complexity index is 1230. The zero-order valence-corrected chi connectivity index (χ0v) is 18.6. The monoisotopic (exact) mass is 479 g/mol. The van der Waals surface area contributed by atoms with Gasteiger partial charge in [0.2, 0.25) is 0 Å². The molecule has 2 N–H and O–H groups in total. The van der Waals surface area contributed by atoms with Crippen LogP contribution in [-0.4, -0.2) is 17.1 Å². The summed E-state index contributed by atoms with van der Waals surface area (Å²) in [5, 5.41) is 4.81. The first-order valence-electron chi connectivity index (χ1n) is 10.0. The summed E-state index contributed by atoms with van der Waals surface area (Å²) >= 11 is 6.17. The summed E-state index contributed by atoms with van der Waals surface area (Å²) in [4.78, 5) is 24.4. The third-order valence-electron chi connectivity index (χ3n) is 4.79. The van der Waals surface area contributed by atoms with Gasteiger partial charge in [-0.2, -0.15) is 0 Å². The largest absolute Gasteiger partial charge is 0.487 e. The summed E-state index contributed by atoms with van der Waals surface area (Å²) in [5.74, 6) is -2.32. The fourth-order valence-corrected chi connectivity index (χ4v) is 3.41. The van der Waals surface area contributed by atoms with Gasteiger partial charge >= 0.3 is 6.03 Å².